The first kappa shape index (κ1) is 15.1. The molecular weight excluding hydrogens is 320 g/mol. The van der Waals surface area contributed by atoms with E-state index >= 15 is 0 Å². The van der Waals surface area contributed by atoms with Crippen molar-refractivity contribution >= 4 is 17.2 Å². The number of amides is 1. The van der Waals surface area contributed by atoms with Crippen LogP contribution < -0.4 is 0 Å². The lowest BCUT2D eigenvalue weighted by molar-refractivity contribution is 0.0751. The summed E-state index contributed by atoms with van der Waals surface area (Å²) in [6.45, 7) is 3.30. The molecule has 0 spiro atoms. The molecule has 24 heavy (non-hydrogen) atoms. The van der Waals surface area contributed by atoms with Crippen LogP contribution in [0.25, 0.3) is 11.3 Å². The number of hydrogen-bond acceptors (Lipinski definition) is 4. The number of benzene rings is 1. The molecule has 5 heteroatoms. The van der Waals surface area contributed by atoms with Crippen LogP contribution in [0.1, 0.15) is 32.4 Å². The van der Waals surface area contributed by atoms with Crippen LogP contribution in [-0.2, 0) is 13.0 Å². The minimum absolute atomic E-state index is 0.0634. The topological polar surface area (TPSA) is 46.3 Å². The highest BCUT2D eigenvalue weighted by Gasteiger charge is 2.26. The van der Waals surface area contributed by atoms with Crippen LogP contribution in [0.4, 0.5) is 0 Å². The van der Waals surface area contributed by atoms with E-state index in [-0.39, 0.29) is 5.91 Å². The van der Waals surface area contributed by atoms with E-state index in [1.807, 2.05) is 48.2 Å². The van der Waals surface area contributed by atoms with Crippen LogP contribution in [0.3, 0.4) is 0 Å². The maximum atomic E-state index is 13.2. The molecule has 0 saturated carbocycles. The number of aromatic nitrogens is 1. The number of rotatable bonds is 2. The van der Waals surface area contributed by atoms with Crippen molar-refractivity contribution in [2.24, 2.45) is 0 Å². The summed E-state index contributed by atoms with van der Waals surface area (Å²) >= 11 is 1.48. The highest BCUT2D eigenvalue weighted by atomic mass is 32.1. The SMILES string of the molecule is Cc1nc(-c2ccccc2)c(C(=O)N2CCCc3occc3C2)s1. The summed E-state index contributed by atoms with van der Waals surface area (Å²) in [4.78, 5) is 20.4. The highest BCUT2D eigenvalue weighted by Crippen LogP contribution is 2.30. The normalized spacial score (nSPS) is 14.3. The summed E-state index contributed by atoms with van der Waals surface area (Å²) < 4.78 is 5.52. The van der Waals surface area contributed by atoms with Crippen LogP contribution in [0.5, 0.6) is 0 Å². The predicted molar refractivity (Wildman–Crippen MR) is 94.1 cm³/mol. The molecule has 2 aromatic heterocycles. The summed E-state index contributed by atoms with van der Waals surface area (Å²) in [5.41, 5.74) is 2.90. The van der Waals surface area contributed by atoms with Gasteiger partial charge in [0.1, 0.15) is 10.6 Å². The molecule has 0 N–H and O–H groups in total. The minimum Gasteiger partial charge on any atom is -0.469 e. The fourth-order valence-corrected chi connectivity index (χ4v) is 4.03. The van der Waals surface area contributed by atoms with Crippen molar-refractivity contribution in [3.63, 3.8) is 0 Å². The molecule has 0 fully saturated rings. The lowest BCUT2D eigenvalue weighted by atomic mass is 10.1. The van der Waals surface area contributed by atoms with Gasteiger partial charge in [-0.15, -0.1) is 11.3 Å². The lowest BCUT2D eigenvalue weighted by Crippen LogP contribution is -2.30. The molecule has 3 aromatic rings. The van der Waals surface area contributed by atoms with Gasteiger partial charge < -0.3 is 9.32 Å². The minimum atomic E-state index is 0.0634. The first-order valence-corrected chi connectivity index (χ1v) is 8.91. The van der Waals surface area contributed by atoms with E-state index in [1.165, 1.54) is 11.3 Å². The third kappa shape index (κ3) is 2.76. The molecule has 1 amide bonds. The van der Waals surface area contributed by atoms with Gasteiger partial charge in [-0.05, 0) is 19.4 Å². The Morgan fingerprint density at radius 2 is 2.08 bits per heavy atom. The quantitative estimate of drug-likeness (QED) is 0.700. The lowest BCUT2D eigenvalue weighted by Gasteiger charge is -2.20. The first-order chi connectivity index (χ1) is 11.7. The number of fused-ring (bicyclic) bond motifs is 1. The second kappa shape index (κ2) is 6.24. The Bertz CT molecular complexity index is 867. The molecular formula is C19H18N2O2S. The smallest absolute Gasteiger partial charge is 0.266 e. The fourth-order valence-electron chi connectivity index (χ4n) is 3.12. The Hall–Kier alpha value is -2.40. The number of aryl methyl sites for hydroxylation is 2. The molecule has 0 unspecified atom stereocenters. The van der Waals surface area contributed by atoms with E-state index in [0.29, 0.717) is 6.54 Å². The second-order valence-corrected chi connectivity index (χ2v) is 7.18. The molecule has 0 bridgehead atoms. The molecule has 4 rings (SSSR count). The van der Waals surface area contributed by atoms with Crippen molar-refractivity contribution in [3.05, 3.63) is 63.9 Å². The Balaban J connectivity index is 1.68. The van der Waals surface area contributed by atoms with Crippen molar-refractivity contribution < 1.29 is 9.21 Å². The third-order valence-electron chi connectivity index (χ3n) is 4.29. The number of carbonyl (C=O) groups is 1. The fraction of sp³-hybridized carbons (Fsp3) is 0.263. The predicted octanol–water partition coefficient (Wildman–Crippen LogP) is 4.30. The van der Waals surface area contributed by atoms with Crippen molar-refractivity contribution in [3.8, 4) is 11.3 Å². The van der Waals surface area contributed by atoms with Gasteiger partial charge in [-0.2, -0.15) is 0 Å². The molecule has 0 saturated heterocycles. The average Bonchev–Trinajstić information content (AvgIpc) is 3.15. The van der Waals surface area contributed by atoms with Crippen LogP contribution in [-0.4, -0.2) is 22.3 Å². The van der Waals surface area contributed by atoms with Gasteiger partial charge >= 0.3 is 0 Å². The molecule has 1 aliphatic rings. The highest BCUT2D eigenvalue weighted by molar-refractivity contribution is 7.14. The zero-order valence-electron chi connectivity index (χ0n) is 13.5. The Morgan fingerprint density at radius 1 is 1.25 bits per heavy atom. The maximum Gasteiger partial charge on any atom is 0.266 e. The molecule has 3 heterocycles. The maximum absolute atomic E-state index is 13.2. The van der Waals surface area contributed by atoms with Gasteiger partial charge in [0.2, 0.25) is 0 Å². The number of nitrogens with zero attached hydrogens (tertiary/aromatic N) is 2. The zero-order valence-corrected chi connectivity index (χ0v) is 14.3. The Labute approximate surface area is 144 Å². The standard InChI is InChI=1S/C19H18N2O2S/c1-13-20-17(14-6-3-2-4-7-14)18(24-13)19(22)21-10-5-8-16-15(12-21)9-11-23-16/h2-4,6-7,9,11H,5,8,10,12H2,1H3. The van der Waals surface area contributed by atoms with Crippen molar-refractivity contribution in [1.82, 2.24) is 9.88 Å². The molecule has 0 atom stereocenters. The number of carbonyl (C=O) groups excluding carboxylic acids is 1. The third-order valence-corrected chi connectivity index (χ3v) is 5.25. The number of furan rings is 1. The Morgan fingerprint density at radius 3 is 2.92 bits per heavy atom. The molecule has 0 radical (unpaired) electrons. The monoisotopic (exact) mass is 338 g/mol. The van der Waals surface area contributed by atoms with E-state index < -0.39 is 0 Å². The number of hydrogen-bond donors (Lipinski definition) is 0. The van der Waals surface area contributed by atoms with E-state index in [1.54, 1.807) is 6.26 Å². The van der Waals surface area contributed by atoms with Crippen molar-refractivity contribution in [1.29, 1.82) is 0 Å². The van der Waals surface area contributed by atoms with Crippen molar-refractivity contribution in [2.75, 3.05) is 6.54 Å². The van der Waals surface area contributed by atoms with Gasteiger partial charge in [0.15, 0.2) is 0 Å². The molecule has 1 aliphatic heterocycles. The Kier molecular flexibility index (Phi) is 3.94. The summed E-state index contributed by atoms with van der Waals surface area (Å²) in [5.74, 6) is 1.07. The van der Waals surface area contributed by atoms with Gasteiger partial charge in [0.05, 0.1) is 17.0 Å². The van der Waals surface area contributed by atoms with Crippen LogP contribution >= 0.6 is 11.3 Å². The first-order valence-electron chi connectivity index (χ1n) is 8.10. The van der Waals surface area contributed by atoms with Crippen LogP contribution in [0, 0.1) is 6.92 Å². The van der Waals surface area contributed by atoms with E-state index in [4.69, 9.17) is 4.42 Å². The van der Waals surface area contributed by atoms with Gasteiger partial charge in [0.25, 0.3) is 5.91 Å². The molecule has 0 aliphatic carbocycles. The van der Waals surface area contributed by atoms with Crippen LogP contribution in [0.2, 0.25) is 0 Å². The molecule has 4 nitrogen and oxygen atoms in total. The van der Waals surface area contributed by atoms with Crippen LogP contribution in [0.15, 0.2) is 47.1 Å². The number of thiazole rings is 1. The van der Waals surface area contributed by atoms with E-state index in [9.17, 15) is 4.79 Å². The average molecular weight is 338 g/mol. The summed E-state index contributed by atoms with van der Waals surface area (Å²) in [5, 5.41) is 0.913. The van der Waals surface area contributed by atoms with Gasteiger partial charge in [-0.3, -0.25) is 4.79 Å². The van der Waals surface area contributed by atoms with Gasteiger partial charge in [-0.1, -0.05) is 30.3 Å². The molecule has 1 aromatic carbocycles. The summed E-state index contributed by atoms with van der Waals surface area (Å²) in [7, 11) is 0. The molecule has 122 valence electrons. The summed E-state index contributed by atoms with van der Waals surface area (Å²) in [6, 6.07) is 11.9. The van der Waals surface area contributed by atoms with Crippen molar-refractivity contribution in [2.45, 2.75) is 26.3 Å². The largest absolute Gasteiger partial charge is 0.469 e. The van der Waals surface area contributed by atoms with E-state index in [2.05, 4.69) is 4.98 Å². The summed E-state index contributed by atoms with van der Waals surface area (Å²) in [6.07, 6.45) is 3.52. The zero-order chi connectivity index (χ0) is 16.5. The van der Waals surface area contributed by atoms with Gasteiger partial charge in [0, 0.05) is 30.6 Å². The van der Waals surface area contributed by atoms with Gasteiger partial charge in [-0.25, -0.2) is 4.98 Å². The second-order valence-electron chi connectivity index (χ2n) is 5.98. The van der Waals surface area contributed by atoms with E-state index in [0.717, 1.165) is 51.9 Å².